The highest BCUT2D eigenvalue weighted by Gasteiger charge is 2.19. The summed E-state index contributed by atoms with van der Waals surface area (Å²) in [5, 5.41) is 0.644. The summed E-state index contributed by atoms with van der Waals surface area (Å²) in [6.45, 7) is 4.12. The number of fused-ring (bicyclic) bond motifs is 1. The Bertz CT molecular complexity index is 1010. The van der Waals surface area contributed by atoms with E-state index in [9.17, 15) is 4.79 Å². The number of benzene rings is 1. The molecule has 0 aliphatic rings. The molecule has 3 rings (SSSR count). The van der Waals surface area contributed by atoms with E-state index in [0.29, 0.717) is 11.2 Å². The molecule has 4 nitrogen and oxygen atoms in total. The van der Waals surface area contributed by atoms with Crippen LogP contribution in [0.5, 0.6) is 5.75 Å². The third-order valence-corrected chi connectivity index (χ3v) is 5.23. The molecule has 0 atom stereocenters. The molecule has 0 amide bonds. The smallest absolute Gasteiger partial charge is 0.263 e. The summed E-state index contributed by atoms with van der Waals surface area (Å²) in [4.78, 5) is 19.5. The maximum atomic E-state index is 13.0. The molecule has 0 N–H and O–H groups in total. The van der Waals surface area contributed by atoms with Crippen LogP contribution in [0.2, 0.25) is 0 Å². The molecular formula is C19H18N2O2S. The minimum atomic E-state index is -0.0794. The van der Waals surface area contributed by atoms with Crippen molar-refractivity contribution < 1.29 is 4.74 Å². The molecule has 0 saturated heterocycles. The third-order valence-electron chi connectivity index (χ3n) is 4.00. The van der Waals surface area contributed by atoms with Crippen LogP contribution in [0, 0.1) is 19.3 Å². The summed E-state index contributed by atoms with van der Waals surface area (Å²) in [5.41, 5.74) is 1.83. The first-order chi connectivity index (χ1) is 11.6. The van der Waals surface area contributed by atoms with E-state index in [0.717, 1.165) is 33.0 Å². The molecule has 0 fully saturated rings. The Morgan fingerprint density at radius 1 is 1.42 bits per heavy atom. The first-order valence-electron chi connectivity index (χ1n) is 7.71. The van der Waals surface area contributed by atoms with Gasteiger partial charge in [0.05, 0.1) is 19.0 Å². The fourth-order valence-corrected chi connectivity index (χ4v) is 4.01. The van der Waals surface area contributed by atoms with Crippen LogP contribution >= 0.6 is 11.3 Å². The summed E-state index contributed by atoms with van der Waals surface area (Å²) >= 11 is 1.57. The molecule has 2 aromatic heterocycles. The van der Waals surface area contributed by atoms with Gasteiger partial charge in [0.1, 0.15) is 16.4 Å². The van der Waals surface area contributed by atoms with Crippen LogP contribution in [0.3, 0.4) is 0 Å². The molecule has 0 aliphatic heterocycles. The van der Waals surface area contributed by atoms with E-state index in [1.807, 2.05) is 31.2 Å². The lowest BCUT2D eigenvalue weighted by molar-refractivity contribution is 0.415. The maximum absolute atomic E-state index is 13.0. The Morgan fingerprint density at radius 2 is 2.21 bits per heavy atom. The number of terminal acetylenes is 1. The Labute approximate surface area is 144 Å². The minimum absolute atomic E-state index is 0.0794. The average molecular weight is 338 g/mol. The molecule has 0 unspecified atom stereocenters. The summed E-state index contributed by atoms with van der Waals surface area (Å²) in [6.07, 6.45) is 6.24. The maximum Gasteiger partial charge on any atom is 0.263 e. The van der Waals surface area contributed by atoms with Gasteiger partial charge in [0.2, 0.25) is 0 Å². The topological polar surface area (TPSA) is 44.1 Å². The number of nitrogens with zero attached hydrogens (tertiary/aromatic N) is 2. The fraction of sp³-hybridized carbons (Fsp3) is 0.263. The molecule has 0 radical (unpaired) electrons. The molecule has 5 heteroatoms. The molecule has 1 aromatic carbocycles. The van der Waals surface area contributed by atoms with Gasteiger partial charge in [0.25, 0.3) is 5.56 Å². The lowest BCUT2D eigenvalue weighted by atomic mass is 10.0. The monoisotopic (exact) mass is 338 g/mol. The van der Waals surface area contributed by atoms with Crippen molar-refractivity contribution in [2.45, 2.75) is 26.8 Å². The SMILES string of the molecule is C#CCn1c(C)nc2sc(CC)c(-c3cccc(OC)c3)c2c1=O. The van der Waals surface area contributed by atoms with E-state index in [-0.39, 0.29) is 12.1 Å². The second-order valence-corrected chi connectivity index (χ2v) is 6.50. The molecule has 0 aliphatic carbocycles. The summed E-state index contributed by atoms with van der Waals surface area (Å²) in [5.74, 6) is 3.94. The van der Waals surface area contributed by atoms with E-state index in [1.165, 1.54) is 0 Å². The van der Waals surface area contributed by atoms with Gasteiger partial charge in [0.15, 0.2) is 0 Å². The van der Waals surface area contributed by atoms with Crippen LogP contribution in [-0.2, 0) is 13.0 Å². The highest BCUT2D eigenvalue weighted by Crippen LogP contribution is 2.37. The lowest BCUT2D eigenvalue weighted by Gasteiger charge is -2.08. The van der Waals surface area contributed by atoms with Crippen molar-refractivity contribution in [3.8, 4) is 29.2 Å². The molecule has 122 valence electrons. The Balaban J connectivity index is 2.39. The van der Waals surface area contributed by atoms with Gasteiger partial charge in [-0.25, -0.2) is 4.98 Å². The van der Waals surface area contributed by atoms with Gasteiger partial charge in [-0.1, -0.05) is 25.0 Å². The van der Waals surface area contributed by atoms with Gasteiger partial charge in [-0.2, -0.15) is 0 Å². The number of aryl methyl sites for hydroxylation is 2. The summed E-state index contributed by atoms with van der Waals surface area (Å²) in [6, 6.07) is 7.76. The second-order valence-electron chi connectivity index (χ2n) is 5.42. The Morgan fingerprint density at radius 3 is 2.88 bits per heavy atom. The molecule has 0 saturated carbocycles. The second kappa shape index (κ2) is 6.50. The highest BCUT2D eigenvalue weighted by molar-refractivity contribution is 7.19. The molecular weight excluding hydrogens is 320 g/mol. The van der Waals surface area contributed by atoms with Crippen molar-refractivity contribution in [2.24, 2.45) is 0 Å². The van der Waals surface area contributed by atoms with E-state index < -0.39 is 0 Å². The Kier molecular flexibility index (Phi) is 4.41. The lowest BCUT2D eigenvalue weighted by Crippen LogP contribution is -2.23. The van der Waals surface area contributed by atoms with Gasteiger partial charge >= 0.3 is 0 Å². The van der Waals surface area contributed by atoms with E-state index in [1.54, 1.807) is 23.0 Å². The first-order valence-corrected chi connectivity index (χ1v) is 8.53. The minimum Gasteiger partial charge on any atom is -0.497 e. The van der Waals surface area contributed by atoms with Crippen molar-refractivity contribution >= 4 is 21.6 Å². The quantitative estimate of drug-likeness (QED) is 0.682. The molecule has 24 heavy (non-hydrogen) atoms. The molecule has 3 aromatic rings. The van der Waals surface area contributed by atoms with Crippen LogP contribution in [0.1, 0.15) is 17.6 Å². The molecule has 0 spiro atoms. The summed E-state index contributed by atoms with van der Waals surface area (Å²) in [7, 11) is 1.64. The first kappa shape index (κ1) is 16.3. The number of methoxy groups -OCH3 is 1. The standard InChI is InChI=1S/C19H18N2O2S/c1-5-10-21-12(3)20-18-17(19(21)22)16(15(6-2)24-18)13-8-7-9-14(11-13)23-4/h1,7-9,11H,6,10H2,2-4H3. The van der Waals surface area contributed by atoms with Crippen molar-refractivity contribution in [1.82, 2.24) is 9.55 Å². The fourth-order valence-electron chi connectivity index (χ4n) is 2.84. The average Bonchev–Trinajstić information content (AvgIpc) is 2.97. The van der Waals surface area contributed by atoms with E-state index in [2.05, 4.69) is 17.8 Å². The number of ether oxygens (including phenoxy) is 1. The van der Waals surface area contributed by atoms with Gasteiger partial charge in [-0.15, -0.1) is 17.8 Å². The zero-order valence-electron chi connectivity index (χ0n) is 13.9. The number of thiophene rings is 1. The van der Waals surface area contributed by atoms with E-state index >= 15 is 0 Å². The van der Waals surface area contributed by atoms with Crippen LogP contribution in [0.25, 0.3) is 21.3 Å². The van der Waals surface area contributed by atoms with E-state index in [4.69, 9.17) is 11.2 Å². The summed E-state index contributed by atoms with van der Waals surface area (Å²) < 4.78 is 6.88. The van der Waals surface area contributed by atoms with Gasteiger partial charge < -0.3 is 4.74 Å². The predicted octanol–water partition coefficient (Wildman–Crippen LogP) is 3.64. The van der Waals surface area contributed by atoms with Crippen LogP contribution < -0.4 is 10.3 Å². The van der Waals surface area contributed by atoms with Gasteiger partial charge in [0, 0.05) is 10.4 Å². The van der Waals surface area contributed by atoms with Crippen LogP contribution in [0.15, 0.2) is 29.1 Å². The normalized spacial score (nSPS) is 10.8. The molecule has 0 bridgehead atoms. The number of rotatable bonds is 4. The molecule has 2 heterocycles. The van der Waals surface area contributed by atoms with Gasteiger partial charge in [-0.3, -0.25) is 9.36 Å². The van der Waals surface area contributed by atoms with Crippen LogP contribution in [-0.4, -0.2) is 16.7 Å². The van der Waals surface area contributed by atoms with Crippen LogP contribution in [0.4, 0.5) is 0 Å². The number of aromatic nitrogens is 2. The van der Waals surface area contributed by atoms with Crippen molar-refractivity contribution in [3.05, 3.63) is 45.3 Å². The van der Waals surface area contributed by atoms with Crippen molar-refractivity contribution in [2.75, 3.05) is 7.11 Å². The van der Waals surface area contributed by atoms with Crippen molar-refractivity contribution in [3.63, 3.8) is 0 Å². The number of hydrogen-bond acceptors (Lipinski definition) is 4. The number of hydrogen-bond donors (Lipinski definition) is 0. The largest absolute Gasteiger partial charge is 0.497 e. The predicted molar refractivity (Wildman–Crippen MR) is 98.8 cm³/mol. The van der Waals surface area contributed by atoms with Crippen molar-refractivity contribution in [1.29, 1.82) is 0 Å². The highest BCUT2D eigenvalue weighted by atomic mass is 32.1. The third kappa shape index (κ3) is 2.59. The zero-order chi connectivity index (χ0) is 17.3. The zero-order valence-corrected chi connectivity index (χ0v) is 14.7. The Hall–Kier alpha value is -2.58. The van der Waals surface area contributed by atoms with Gasteiger partial charge in [-0.05, 0) is 31.0 Å².